The lowest BCUT2D eigenvalue weighted by atomic mass is 9.89. The van der Waals surface area contributed by atoms with E-state index in [0.717, 1.165) is 37.2 Å². The number of unbranched alkanes of at least 4 members (excludes halogenated alkanes) is 4. The van der Waals surface area contributed by atoms with Crippen molar-refractivity contribution in [2.45, 2.75) is 83.8 Å². The van der Waals surface area contributed by atoms with Crippen molar-refractivity contribution in [3.8, 4) is 11.5 Å². The molecule has 168 valence electrons. The molecule has 0 amide bonds. The number of ketones is 1. The van der Waals surface area contributed by atoms with Crippen LogP contribution in [0, 0.1) is 5.92 Å². The second-order valence-electron chi connectivity index (χ2n) is 9.00. The van der Waals surface area contributed by atoms with E-state index in [1.165, 1.54) is 32.1 Å². The van der Waals surface area contributed by atoms with Crippen molar-refractivity contribution in [3.05, 3.63) is 23.8 Å². The highest BCUT2D eigenvalue weighted by Crippen LogP contribution is 2.36. The summed E-state index contributed by atoms with van der Waals surface area (Å²) in [5.74, 6) is 1.59. The first-order chi connectivity index (χ1) is 14.6. The number of aliphatic hydroxyl groups excluding tert-OH is 1. The lowest BCUT2D eigenvalue weighted by Crippen LogP contribution is -2.35. The van der Waals surface area contributed by atoms with Crippen LogP contribution in [0.3, 0.4) is 0 Å². The maximum atomic E-state index is 12.7. The summed E-state index contributed by atoms with van der Waals surface area (Å²) in [5, 5.41) is 11.2. The van der Waals surface area contributed by atoms with Crippen LogP contribution in [0.1, 0.15) is 83.3 Å². The minimum absolute atomic E-state index is 0.101. The minimum Gasteiger partial charge on any atom is -0.486 e. The normalized spacial score (nSPS) is 20.8. The number of aliphatic hydroxyl groups is 1. The van der Waals surface area contributed by atoms with E-state index < -0.39 is 6.10 Å². The first kappa shape index (κ1) is 23.1. The van der Waals surface area contributed by atoms with Gasteiger partial charge < -0.3 is 19.5 Å². The Bertz CT molecular complexity index is 677. The Labute approximate surface area is 181 Å². The Hall–Kier alpha value is -1.59. The quantitative estimate of drug-likeness (QED) is 0.490. The van der Waals surface area contributed by atoms with Gasteiger partial charge >= 0.3 is 0 Å². The highest BCUT2D eigenvalue weighted by molar-refractivity contribution is 5.78. The lowest BCUT2D eigenvalue weighted by Gasteiger charge is -2.30. The van der Waals surface area contributed by atoms with E-state index in [2.05, 4.69) is 18.7 Å². The second-order valence-corrected chi connectivity index (χ2v) is 9.00. The van der Waals surface area contributed by atoms with Crippen LogP contribution in [-0.2, 0) is 4.79 Å². The highest BCUT2D eigenvalue weighted by Gasteiger charge is 2.30. The van der Waals surface area contributed by atoms with Crippen LogP contribution in [0.5, 0.6) is 11.5 Å². The van der Waals surface area contributed by atoms with Crippen molar-refractivity contribution in [2.24, 2.45) is 5.92 Å². The molecule has 2 aliphatic rings. The maximum absolute atomic E-state index is 12.7. The third kappa shape index (κ3) is 6.45. The predicted octanol–water partition coefficient (Wildman–Crippen LogP) is 4.91. The Balaban J connectivity index is 1.64. The van der Waals surface area contributed by atoms with Gasteiger partial charge in [0.25, 0.3) is 0 Å². The summed E-state index contributed by atoms with van der Waals surface area (Å²) in [6.07, 6.45) is 8.52. The summed E-state index contributed by atoms with van der Waals surface area (Å²) >= 11 is 0. The molecule has 2 heterocycles. The third-order valence-electron chi connectivity index (χ3n) is 6.56. The summed E-state index contributed by atoms with van der Waals surface area (Å²) < 4.78 is 11.3. The standard InChI is InChI=1S/C25H39NO4/c1-3-4-5-6-7-10-22(27)16-21(18-26-13-8-9-19(26)2)25(28)20-11-12-23-24(17-20)30-15-14-29-23/h11-12,17,19,21,25,28H,3-10,13-16,18H2,1-2H3/t19-,21+,25-/m0/s1. The number of rotatable bonds is 12. The van der Waals surface area contributed by atoms with Crippen molar-refractivity contribution in [1.82, 2.24) is 4.90 Å². The predicted molar refractivity (Wildman–Crippen MR) is 119 cm³/mol. The van der Waals surface area contributed by atoms with E-state index in [1.807, 2.05) is 18.2 Å². The molecule has 3 atom stereocenters. The van der Waals surface area contributed by atoms with Crippen molar-refractivity contribution < 1.29 is 19.4 Å². The molecule has 0 bridgehead atoms. The summed E-state index contributed by atoms with van der Waals surface area (Å²) in [4.78, 5) is 15.2. The van der Waals surface area contributed by atoms with Gasteiger partial charge in [-0.3, -0.25) is 4.79 Å². The number of likely N-dealkylation sites (tertiary alicyclic amines) is 1. The Kier molecular flexibility index (Phi) is 9.01. The van der Waals surface area contributed by atoms with Gasteiger partial charge in [0.05, 0.1) is 6.10 Å². The fourth-order valence-corrected chi connectivity index (χ4v) is 4.68. The van der Waals surface area contributed by atoms with Crippen molar-refractivity contribution in [1.29, 1.82) is 0 Å². The Morgan fingerprint density at radius 1 is 1.17 bits per heavy atom. The molecular weight excluding hydrogens is 378 g/mol. The van der Waals surface area contributed by atoms with E-state index in [1.54, 1.807) is 0 Å². The fraction of sp³-hybridized carbons (Fsp3) is 0.720. The zero-order chi connectivity index (χ0) is 21.3. The molecule has 1 N–H and O–H groups in total. The molecular formula is C25H39NO4. The van der Waals surface area contributed by atoms with Crippen LogP contribution in [-0.4, -0.2) is 48.1 Å². The molecule has 5 heteroatoms. The van der Waals surface area contributed by atoms with Gasteiger partial charge in [0.1, 0.15) is 19.0 Å². The van der Waals surface area contributed by atoms with Crippen LogP contribution in [0.2, 0.25) is 0 Å². The van der Waals surface area contributed by atoms with Gasteiger partial charge in [0.15, 0.2) is 11.5 Å². The molecule has 0 spiro atoms. The molecule has 1 saturated heterocycles. The van der Waals surface area contributed by atoms with Gasteiger partial charge in [-0.15, -0.1) is 0 Å². The number of carbonyl (C=O) groups excluding carboxylic acids is 1. The van der Waals surface area contributed by atoms with Gasteiger partial charge in [-0.05, 0) is 50.4 Å². The average Bonchev–Trinajstić information content (AvgIpc) is 3.16. The number of Topliss-reactive ketones (excluding diaryl/α,β-unsaturated/α-hetero) is 1. The Morgan fingerprint density at radius 2 is 1.93 bits per heavy atom. The topological polar surface area (TPSA) is 59.0 Å². The number of hydrogen-bond donors (Lipinski definition) is 1. The smallest absolute Gasteiger partial charge is 0.161 e. The molecule has 1 fully saturated rings. The number of ether oxygens (including phenoxy) is 2. The largest absolute Gasteiger partial charge is 0.486 e. The zero-order valence-corrected chi connectivity index (χ0v) is 18.8. The van der Waals surface area contributed by atoms with E-state index in [9.17, 15) is 9.90 Å². The molecule has 2 aliphatic heterocycles. The van der Waals surface area contributed by atoms with Gasteiger partial charge in [-0.1, -0.05) is 38.7 Å². The zero-order valence-electron chi connectivity index (χ0n) is 18.8. The number of benzene rings is 1. The highest BCUT2D eigenvalue weighted by atomic mass is 16.6. The number of nitrogens with zero attached hydrogens (tertiary/aromatic N) is 1. The van der Waals surface area contributed by atoms with E-state index in [-0.39, 0.29) is 11.7 Å². The third-order valence-corrected chi connectivity index (χ3v) is 6.56. The van der Waals surface area contributed by atoms with Crippen molar-refractivity contribution in [2.75, 3.05) is 26.3 Å². The molecule has 1 aromatic rings. The summed E-state index contributed by atoms with van der Waals surface area (Å²) in [7, 11) is 0. The van der Waals surface area contributed by atoms with Crippen LogP contribution in [0.15, 0.2) is 18.2 Å². The molecule has 0 saturated carbocycles. The molecule has 3 rings (SSSR count). The Morgan fingerprint density at radius 3 is 2.67 bits per heavy atom. The SMILES string of the molecule is CCCCCCCC(=O)C[C@H](CN1CCC[C@@H]1C)[C@@H](O)c1ccc2c(c1)OCCO2. The maximum Gasteiger partial charge on any atom is 0.161 e. The van der Waals surface area contributed by atoms with Gasteiger partial charge in [0, 0.05) is 31.3 Å². The van der Waals surface area contributed by atoms with Crippen LogP contribution in [0.4, 0.5) is 0 Å². The first-order valence-corrected chi connectivity index (χ1v) is 11.9. The molecule has 0 aromatic heterocycles. The first-order valence-electron chi connectivity index (χ1n) is 11.9. The molecule has 0 radical (unpaired) electrons. The van der Waals surface area contributed by atoms with Crippen molar-refractivity contribution >= 4 is 5.78 Å². The monoisotopic (exact) mass is 417 g/mol. The molecule has 1 aromatic carbocycles. The van der Waals surface area contributed by atoms with Crippen LogP contribution >= 0.6 is 0 Å². The van der Waals surface area contributed by atoms with E-state index in [0.29, 0.717) is 37.8 Å². The van der Waals surface area contributed by atoms with Crippen LogP contribution in [0.25, 0.3) is 0 Å². The fourth-order valence-electron chi connectivity index (χ4n) is 4.68. The molecule has 30 heavy (non-hydrogen) atoms. The average molecular weight is 418 g/mol. The number of hydrogen-bond acceptors (Lipinski definition) is 5. The van der Waals surface area contributed by atoms with Crippen LogP contribution < -0.4 is 9.47 Å². The molecule has 0 aliphatic carbocycles. The van der Waals surface area contributed by atoms with Crippen molar-refractivity contribution in [3.63, 3.8) is 0 Å². The second kappa shape index (κ2) is 11.7. The number of fused-ring (bicyclic) bond motifs is 1. The minimum atomic E-state index is -0.683. The van der Waals surface area contributed by atoms with Gasteiger partial charge in [-0.25, -0.2) is 0 Å². The summed E-state index contributed by atoms with van der Waals surface area (Å²) in [6, 6.07) is 6.19. The van der Waals surface area contributed by atoms with Gasteiger partial charge in [0.2, 0.25) is 0 Å². The van der Waals surface area contributed by atoms with Gasteiger partial charge in [-0.2, -0.15) is 0 Å². The lowest BCUT2D eigenvalue weighted by molar-refractivity contribution is -0.121. The number of carbonyl (C=O) groups is 1. The van der Waals surface area contributed by atoms with E-state index in [4.69, 9.17) is 9.47 Å². The van der Waals surface area contributed by atoms with E-state index >= 15 is 0 Å². The summed E-state index contributed by atoms with van der Waals surface area (Å²) in [5.41, 5.74) is 0.812. The molecule has 0 unspecified atom stereocenters. The summed E-state index contributed by atoms with van der Waals surface area (Å²) in [6.45, 7) is 7.34. The molecule has 5 nitrogen and oxygen atoms in total.